The summed E-state index contributed by atoms with van der Waals surface area (Å²) in [4.78, 5) is 11.9. The third kappa shape index (κ3) is 3.24. The van der Waals surface area contributed by atoms with Crippen LogP contribution in [-0.2, 0) is 4.79 Å². The Labute approximate surface area is 159 Å². The van der Waals surface area contributed by atoms with Gasteiger partial charge in [0.15, 0.2) is 0 Å². The van der Waals surface area contributed by atoms with E-state index in [1.54, 1.807) is 0 Å². The Balaban J connectivity index is 1.65. The van der Waals surface area contributed by atoms with Gasteiger partial charge in [0, 0.05) is 28.7 Å². The van der Waals surface area contributed by atoms with E-state index in [1.807, 2.05) is 25.1 Å². The summed E-state index contributed by atoms with van der Waals surface area (Å²) in [6.45, 7) is 2.01. The zero-order valence-corrected chi connectivity index (χ0v) is 15.6. The number of benzene rings is 2. The van der Waals surface area contributed by atoms with E-state index in [0.29, 0.717) is 18.3 Å². The van der Waals surface area contributed by atoms with Crippen molar-refractivity contribution in [2.75, 3.05) is 10.6 Å². The molecule has 2 aliphatic rings. The highest BCUT2D eigenvalue weighted by Gasteiger charge is 2.38. The van der Waals surface area contributed by atoms with Crippen molar-refractivity contribution in [3.05, 3.63) is 70.8 Å². The second-order valence-corrected chi connectivity index (χ2v) is 7.57. The molecule has 0 bridgehead atoms. The van der Waals surface area contributed by atoms with Crippen LogP contribution < -0.4 is 10.6 Å². The smallest absolute Gasteiger partial charge is 0.224 e. The fraction of sp³-hybridized carbons (Fsp3) is 0.318. The van der Waals surface area contributed by atoms with Gasteiger partial charge in [-0.15, -0.1) is 0 Å². The van der Waals surface area contributed by atoms with Crippen LogP contribution in [-0.4, -0.2) is 5.91 Å². The van der Waals surface area contributed by atoms with Crippen LogP contribution in [0.1, 0.15) is 49.3 Å². The van der Waals surface area contributed by atoms with Gasteiger partial charge in [0.25, 0.3) is 0 Å². The van der Waals surface area contributed by atoms with Gasteiger partial charge in [-0.05, 0) is 60.2 Å². The molecule has 1 amide bonds. The molecular formula is C22H23ClN2O. The van der Waals surface area contributed by atoms with Crippen molar-refractivity contribution in [2.45, 2.75) is 38.1 Å². The summed E-state index contributed by atoms with van der Waals surface area (Å²) in [5, 5.41) is 7.49. The maximum Gasteiger partial charge on any atom is 0.224 e. The van der Waals surface area contributed by atoms with Crippen LogP contribution in [0, 0.1) is 5.92 Å². The number of carbonyl (C=O) groups excluding carboxylic acids is 1. The minimum absolute atomic E-state index is 0.0755. The van der Waals surface area contributed by atoms with Gasteiger partial charge in [-0.3, -0.25) is 4.79 Å². The molecule has 1 aliphatic heterocycles. The molecule has 4 heteroatoms. The SMILES string of the molecule is CCCC(=O)Nc1ccc2c(c1)C1C=CCC1C(c1cccc(Cl)c1)N2. The van der Waals surface area contributed by atoms with Crippen LogP contribution in [0.15, 0.2) is 54.6 Å². The summed E-state index contributed by atoms with van der Waals surface area (Å²) in [6.07, 6.45) is 7.03. The van der Waals surface area contributed by atoms with Crippen molar-refractivity contribution >= 4 is 28.9 Å². The highest BCUT2D eigenvalue weighted by atomic mass is 35.5. The van der Waals surface area contributed by atoms with E-state index < -0.39 is 0 Å². The molecule has 0 fully saturated rings. The lowest BCUT2D eigenvalue weighted by Gasteiger charge is -2.37. The molecule has 2 N–H and O–H groups in total. The molecule has 1 heterocycles. The van der Waals surface area contributed by atoms with Gasteiger partial charge in [0.2, 0.25) is 5.91 Å². The first kappa shape index (κ1) is 17.2. The number of carbonyl (C=O) groups is 1. The monoisotopic (exact) mass is 366 g/mol. The molecule has 1 aliphatic carbocycles. The molecule has 3 nitrogen and oxygen atoms in total. The molecule has 2 aromatic carbocycles. The Bertz CT molecular complexity index is 861. The largest absolute Gasteiger partial charge is 0.378 e. The summed E-state index contributed by atoms with van der Waals surface area (Å²) < 4.78 is 0. The van der Waals surface area contributed by atoms with Crippen LogP contribution in [0.3, 0.4) is 0 Å². The van der Waals surface area contributed by atoms with E-state index in [9.17, 15) is 4.79 Å². The van der Waals surface area contributed by atoms with E-state index in [2.05, 4.69) is 47.1 Å². The molecule has 26 heavy (non-hydrogen) atoms. The number of hydrogen-bond donors (Lipinski definition) is 2. The van der Waals surface area contributed by atoms with Gasteiger partial charge in [0.05, 0.1) is 6.04 Å². The predicted octanol–water partition coefficient (Wildman–Crippen LogP) is 5.91. The molecule has 3 atom stereocenters. The summed E-state index contributed by atoms with van der Waals surface area (Å²) in [6, 6.07) is 14.5. The first-order chi connectivity index (χ1) is 12.7. The minimum Gasteiger partial charge on any atom is -0.378 e. The average Bonchev–Trinajstić information content (AvgIpc) is 3.11. The summed E-state index contributed by atoms with van der Waals surface area (Å²) in [7, 11) is 0. The Morgan fingerprint density at radius 2 is 2.15 bits per heavy atom. The number of halogens is 1. The molecule has 2 aromatic rings. The van der Waals surface area contributed by atoms with Crippen molar-refractivity contribution in [3.63, 3.8) is 0 Å². The van der Waals surface area contributed by atoms with Crippen LogP contribution in [0.25, 0.3) is 0 Å². The lowest BCUT2D eigenvalue weighted by molar-refractivity contribution is -0.116. The van der Waals surface area contributed by atoms with Crippen LogP contribution >= 0.6 is 11.6 Å². The number of anilines is 2. The molecule has 0 spiro atoms. The van der Waals surface area contributed by atoms with Crippen molar-refractivity contribution in [1.82, 2.24) is 0 Å². The second-order valence-electron chi connectivity index (χ2n) is 7.13. The molecular weight excluding hydrogens is 344 g/mol. The molecule has 0 radical (unpaired) electrons. The zero-order valence-electron chi connectivity index (χ0n) is 14.8. The zero-order chi connectivity index (χ0) is 18.1. The van der Waals surface area contributed by atoms with Crippen LogP contribution in [0.2, 0.25) is 5.02 Å². The fourth-order valence-electron chi connectivity index (χ4n) is 4.15. The molecule has 134 valence electrons. The Kier molecular flexibility index (Phi) is 4.73. The van der Waals surface area contributed by atoms with E-state index in [-0.39, 0.29) is 11.9 Å². The Morgan fingerprint density at radius 1 is 1.27 bits per heavy atom. The topological polar surface area (TPSA) is 41.1 Å². The molecule has 0 aromatic heterocycles. The quantitative estimate of drug-likeness (QED) is 0.661. The third-order valence-corrected chi connectivity index (χ3v) is 5.57. The predicted molar refractivity (Wildman–Crippen MR) is 108 cm³/mol. The van der Waals surface area contributed by atoms with Crippen molar-refractivity contribution in [3.8, 4) is 0 Å². The number of nitrogens with one attached hydrogen (secondary N) is 2. The normalized spacial score (nSPS) is 23.1. The van der Waals surface area contributed by atoms with Crippen molar-refractivity contribution in [2.24, 2.45) is 5.92 Å². The second kappa shape index (κ2) is 7.16. The Hall–Kier alpha value is -2.26. The third-order valence-electron chi connectivity index (χ3n) is 5.33. The highest BCUT2D eigenvalue weighted by Crippen LogP contribution is 2.50. The molecule has 3 unspecified atom stereocenters. The van der Waals surface area contributed by atoms with Crippen LogP contribution in [0.4, 0.5) is 11.4 Å². The maximum absolute atomic E-state index is 11.9. The maximum atomic E-state index is 11.9. The number of amides is 1. The number of fused-ring (bicyclic) bond motifs is 3. The van der Waals surface area contributed by atoms with Gasteiger partial charge in [-0.2, -0.15) is 0 Å². The van der Waals surface area contributed by atoms with Gasteiger partial charge in [-0.1, -0.05) is 42.8 Å². The fourth-order valence-corrected chi connectivity index (χ4v) is 4.35. The van der Waals surface area contributed by atoms with E-state index in [4.69, 9.17) is 11.6 Å². The van der Waals surface area contributed by atoms with E-state index >= 15 is 0 Å². The Morgan fingerprint density at radius 3 is 2.96 bits per heavy atom. The first-order valence-electron chi connectivity index (χ1n) is 9.28. The van der Waals surface area contributed by atoms with Gasteiger partial charge < -0.3 is 10.6 Å². The number of hydrogen-bond acceptors (Lipinski definition) is 2. The lowest BCUT2D eigenvalue weighted by atomic mass is 9.77. The molecule has 0 saturated carbocycles. The van der Waals surface area contributed by atoms with E-state index in [0.717, 1.165) is 29.2 Å². The van der Waals surface area contributed by atoms with Crippen molar-refractivity contribution < 1.29 is 4.79 Å². The average molecular weight is 367 g/mol. The number of rotatable bonds is 4. The van der Waals surface area contributed by atoms with Crippen molar-refractivity contribution in [1.29, 1.82) is 0 Å². The van der Waals surface area contributed by atoms with E-state index in [1.165, 1.54) is 11.1 Å². The number of allylic oxidation sites excluding steroid dienone is 2. The van der Waals surface area contributed by atoms with Gasteiger partial charge in [0.1, 0.15) is 0 Å². The molecule has 0 saturated heterocycles. The van der Waals surface area contributed by atoms with Gasteiger partial charge >= 0.3 is 0 Å². The van der Waals surface area contributed by atoms with Crippen LogP contribution in [0.5, 0.6) is 0 Å². The highest BCUT2D eigenvalue weighted by molar-refractivity contribution is 6.30. The molecule has 4 rings (SSSR count). The standard InChI is InChI=1S/C22H23ClN2O/c1-2-5-21(26)24-16-10-11-20-19(13-16)17-8-4-9-18(17)22(25-20)14-6-3-7-15(23)12-14/h3-4,6-8,10-13,17-18,22,25H,2,5,9H2,1H3,(H,24,26). The lowest BCUT2D eigenvalue weighted by Crippen LogP contribution is -2.29. The summed E-state index contributed by atoms with van der Waals surface area (Å²) >= 11 is 6.22. The van der Waals surface area contributed by atoms with Gasteiger partial charge in [-0.25, -0.2) is 0 Å². The first-order valence-corrected chi connectivity index (χ1v) is 9.66. The summed E-state index contributed by atoms with van der Waals surface area (Å²) in [5.74, 6) is 0.896. The summed E-state index contributed by atoms with van der Waals surface area (Å²) in [5.41, 5.74) is 4.50. The minimum atomic E-state index is 0.0755.